The summed E-state index contributed by atoms with van der Waals surface area (Å²) in [5.74, 6) is 0. The zero-order valence-corrected chi connectivity index (χ0v) is 12.3. The van der Waals surface area contributed by atoms with Gasteiger partial charge in [0.2, 0.25) is 0 Å². The van der Waals surface area contributed by atoms with Crippen LogP contribution in [0.3, 0.4) is 0 Å². The average molecular weight is 230 g/mol. The van der Waals surface area contributed by atoms with E-state index in [2.05, 4.69) is 51.7 Å². The van der Waals surface area contributed by atoms with E-state index in [1.54, 1.807) is 0 Å². The van der Waals surface area contributed by atoms with Crippen LogP contribution in [0.4, 0.5) is 0 Å². The average Bonchev–Trinajstić information content (AvgIpc) is 2.29. The molecule has 0 aliphatic rings. The summed E-state index contributed by atoms with van der Waals surface area (Å²) >= 11 is 0. The molecule has 0 saturated carbocycles. The molecular formula is C13H32N3+. The molecule has 0 rings (SSSR count). The lowest BCUT2D eigenvalue weighted by Crippen LogP contribution is -2.68. The van der Waals surface area contributed by atoms with Crippen molar-refractivity contribution in [3.8, 4) is 0 Å². The van der Waals surface area contributed by atoms with E-state index in [1.165, 1.54) is 25.9 Å². The summed E-state index contributed by atoms with van der Waals surface area (Å²) in [6, 6.07) is 0. The van der Waals surface area contributed by atoms with Crippen molar-refractivity contribution in [3.05, 3.63) is 0 Å². The number of hydrogen-bond acceptors (Lipinski definition) is 2. The summed E-state index contributed by atoms with van der Waals surface area (Å²) in [4.78, 5) is 0. The van der Waals surface area contributed by atoms with E-state index in [0.717, 1.165) is 24.3 Å². The van der Waals surface area contributed by atoms with Crippen molar-refractivity contribution >= 4 is 0 Å². The predicted molar refractivity (Wildman–Crippen MR) is 71.8 cm³/mol. The van der Waals surface area contributed by atoms with Crippen LogP contribution >= 0.6 is 0 Å². The summed E-state index contributed by atoms with van der Waals surface area (Å²) in [7, 11) is 2.25. The number of nitrogens with zero attached hydrogens (tertiary/aromatic N) is 3. The Balaban J connectivity index is 5.03. The highest BCUT2D eigenvalue weighted by Gasteiger charge is 2.36. The van der Waals surface area contributed by atoms with Crippen molar-refractivity contribution in [2.24, 2.45) is 0 Å². The number of hydrogen-bond donors (Lipinski definition) is 0. The minimum Gasteiger partial charge on any atom is -0.167 e. The van der Waals surface area contributed by atoms with Crippen LogP contribution in [-0.2, 0) is 0 Å². The van der Waals surface area contributed by atoms with Gasteiger partial charge in [-0.05, 0) is 33.6 Å². The topological polar surface area (TPSA) is 6.48 Å². The van der Waals surface area contributed by atoms with E-state index in [0.29, 0.717) is 0 Å². The Labute approximate surface area is 103 Å². The van der Waals surface area contributed by atoms with E-state index in [9.17, 15) is 0 Å². The van der Waals surface area contributed by atoms with Gasteiger partial charge in [-0.2, -0.15) is 4.70 Å². The molecule has 3 nitrogen and oxygen atoms in total. The molecule has 0 aromatic heterocycles. The second-order valence-corrected chi connectivity index (χ2v) is 4.44. The fourth-order valence-electron chi connectivity index (χ4n) is 2.68. The first-order valence-electron chi connectivity index (χ1n) is 6.96. The Hall–Kier alpha value is -0.120. The zero-order chi connectivity index (χ0) is 12.6. The normalized spacial score (nSPS) is 12.8. The highest BCUT2D eigenvalue weighted by Crippen LogP contribution is 2.18. The van der Waals surface area contributed by atoms with Gasteiger partial charge < -0.3 is 0 Å². The van der Waals surface area contributed by atoms with E-state index in [1.807, 2.05) is 0 Å². The molecule has 0 spiro atoms. The maximum Gasteiger partial charge on any atom is 0.115 e. The maximum atomic E-state index is 2.58. The lowest BCUT2D eigenvalue weighted by molar-refractivity contribution is -1.12. The van der Waals surface area contributed by atoms with E-state index in [-0.39, 0.29) is 0 Å². The quantitative estimate of drug-likeness (QED) is 0.444. The van der Waals surface area contributed by atoms with Gasteiger partial charge in [0.15, 0.2) is 0 Å². The minimum atomic E-state index is 1.04. The van der Waals surface area contributed by atoms with Crippen LogP contribution in [0.1, 0.15) is 47.5 Å². The molecule has 3 heteroatoms. The fourth-order valence-corrected chi connectivity index (χ4v) is 2.68. The second-order valence-electron chi connectivity index (χ2n) is 4.44. The third kappa shape index (κ3) is 3.44. The summed E-state index contributed by atoms with van der Waals surface area (Å²) in [6.45, 7) is 17.2. The molecule has 0 aromatic rings. The summed E-state index contributed by atoms with van der Waals surface area (Å²) in [5, 5.41) is 5.07. The van der Waals surface area contributed by atoms with Crippen LogP contribution < -0.4 is 0 Å². The summed E-state index contributed by atoms with van der Waals surface area (Å²) < 4.78 is 1.04. The van der Waals surface area contributed by atoms with E-state index in [4.69, 9.17) is 0 Å². The molecule has 0 aromatic carbocycles. The monoisotopic (exact) mass is 230 g/mol. The summed E-state index contributed by atoms with van der Waals surface area (Å²) in [5.41, 5.74) is 0. The lowest BCUT2D eigenvalue weighted by atomic mass is 10.3. The highest BCUT2D eigenvalue weighted by molar-refractivity contribution is 4.44. The van der Waals surface area contributed by atoms with Gasteiger partial charge in [0.1, 0.15) is 13.1 Å². The number of rotatable bonds is 9. The molecule has 0 saturated heterocycles. The molecule has 0 atom stereocenters. The molecule has 0 aliphatic carbocycles. The Morgan fingerprint density at radius 1 is 0.750 bits per heavy atom. The molecule has 0 N–H and O–H groups in total. The van der Waals surface area contributed by atoms with Crippen molar-refractivity contribution in [2.45, 2.75) is 47.5 Å². The fraction of sp³-hybridized carbons (Fsp3) is 1.00. The summed E-state index contributed by atoms with van der Waals surface area (Å²) in [6.07, 6.45) is 2.47. The van der Waals surface area contributed by atoms with Gasteiger partial charge in [0.25, 0.3) is 0 Å². The smallest absolute Gasteiger partial charge is 0.115 e. The van der Waals surface area contributed by atoms with Crippen molar-refractivity contribution in [1.82, 2.24) is 10.0 Å². The van der Waals surface area contributed by atoms with Crippen LogP contribution in [-0.4, -0.2) is 54.5 Å². The van der Waals surface area contributed by atoms with Crippen LogP contribution in [0.15, 0.2) is 0 Å². The Kier molecular flexibility index (Phi) is 7.98. The van der Waals surface area contributed by atoms with Crippen molar-refractivity contribution < 1.29 is 4.70 Å². The highest BCUT2D eigenvalue weighted by atomic mass is 16.0. The lowest BCUT2D eigenvalue weighted by Gasteiger charge is -2.49. The first-order chi connectivity index (χ1) is 7.62. The van der Waals surface area contributed by atoms with Gasteiger partial charge in [0, 0.05) is 26.7 Å². The van der Waals surface area contributed by atoms with Crippen molar-refractivity contribution in [3.63, 3.8) is 0 Å². The molecule has 0 fully saturated rings. The van der Waals surface area contributed by atoms with Crippen molar-refractivity contribution in [1.29, 1.82) is 0 Å². The third-order valence-electron chi connectivity index (χ3n) is 3.51. The maximum absolute atomic E-state index is 2.58. The van der Waals surface area contributed by atoms with Crippen LogP contribution in [0.25, 0.3) is 0 Å². The standard InChI is InChI=1S/C13H32N3/c1-7-12-16(13-8-2,14(6)9-3)15(10-4)11-5/h7-13H2,1-6H3/q+1. The minimum absolute atomic E-state index is 1.04. The molecule has 0 aliphatic heterocycles. The molecule has 0 bridgehead atoms. The first kappa shape index (κ1) is 15.9. The van der Waals surface area contributed by atoms with Gasteiger partial charge in [0.05, 0.1) is 0 Å². The second kappa shape index (κ2) is 8.04. The number of quaternary nitrogens is 1. The SMILES string of the molecule is CCC[N+](CCC)(N(C)CC)N(CC)CC. The van der Waals surface area contributed by atoms with Gasteiger partial charge in [-0.3, -0.25) is 0 Å². The predicted octanol–water partition coefficient (Wildman–Crippen LogP) is 2.75. The molecule has 98 valence electrons. The Morgan fingerprint density at radius 3 is 1.44 bits per heavy atom. The van der Waals surface area contributed by atoms with E-state index >= 15 is 0 Å². The third-order valence-corrected chi connectivity index (χ3v) is 3.51. The van der Waals surface area contributed by atoms with Gasteiger partial charge in [-0.1, -0.05) is 13.8 Å². The molecule has 16 heavy (non-hydrogen) atoms. The zero-order valence-electron chi connectivity index (χ0n) is 12.3. The first-order valence-corrected chi connectivity index (χ1v) is 6.96. The Morgan fingerprint density at radius 2 is 1.19 bits per heavy atom. The van der Waals surface area contributed by atoms with E-state index < -0.39 is 0 Å². The molecule has 0 unspecified atom stereocenters. The largest absolute Gasteiger partial charge is 0.167 e. The van der Waals surface area contributed by atoms with Gasteiger partial charge in [-0.25, -0.2) is 0 Å². The van der Waals surface area contributed by atoms with Crippen LogP contribution in [0.2, 0.25) is 0 Å². The molecule has 0 heterocycles. The van der Waals surface area contributed by atoms with Gasteiger partial charge in [-0.15, -0.1) is 10.0 Å². The van der Waals surface area contributed by atoms with Crippen LogP contribution in [0.5, 0.6) is 0 Å². The van der Waals surface area contributed by atoms with Crippen molar-refractivity contribution in [2.75, 3.05) is 39.8 Å². The van der Waals surface area contributed by atoms with Crippen LogP contribution in [0, 0.1) is 0 Å². The molecule has 0 amide bonds. The molecule has 0 radical (unpaired) electrons. The Bertz CT molecular complexity index is 161. The molecular weight excluding hydrogens is 198 g/mol. The van der Waals surface area contributed by atoms with Gasteiger partial charge >= 0.3 is 0 Å².